The van der Waals surface area contributed by atoms with Crippen LogP contribution >= 0.6 is 0 Å². The summed E-state index contributed by atoms with van der Waals surface area (Å²) in [5, 5.41) is 2.56. The van der Waals surface area contributed by atoms with Gasteiger partial charge in [-0.1, -0.05) is 43.3 Å². The molecule has 0 spiro atoms. The number of halogens is 1. The van der Waals surface area contributed by atoms with E-state index in [1.54, 1.807) is 67.6 Å². The van der Waals surface area contributed by atoms with Crippen LogP contribution in [0.1, 0.15) is 47.2 Å². The van der Waals surface area contributed by atoms with E-state index in [2.05, 4.69) is 10.3 Å². The molecule has 0 aliphatic carbocycles. The Balaban J connectivity index is 1.61. The number of hydrogen-bond donors (Lipinski definition) is 1. The number of benzene rings is 2. The molecular formula is C25H24FN3O5. The minimum atomic E-state index is -1.78. The van der Waals surface area contributed by atoms with E-state index in [4.69, 9.17) is 9.47 Å². The van der Waals surface area contributed by atoms with E-state index in [-0.39, 0.29) is 11.4 Å². The van der Waals surface area contributed by atoms with Crippen molar-refractivity contribution in [3.05, 3.63) is 94.5 Å². The number of anilines is 1. The quantitative estimate of drug-likeness (QED) is 0.557. The van der Waals surface area contributed by atoms with Crippen LogP contribution in [-0.4, -0.2) is 39.3 Å². The van der Waals surface area contributed by atoms with E-state index in [1.165, 1.54) is 19.2 Å². The molecule has 9 heteroatoms. The number of amides is 1. The second kappa shape index (κ2) is 9.56. The Hall–Kier alpha value is -3.85. The average molecular weight is 465 g/mol. The van der Waals surface area contributed by atoms with Crippen LogP contribution in [0, 0.1) is 0 Å². The summed E-state index contributed by atoms with van der Waals surface area (Å²) in [6.45, 7) is 3.14. The fraction of sp³-hybridized carbons (Fsp3) is 0.280. The number of rotatable bonds is 6. The smallest absolute Gasteiger partial charge is 0.351 e. The second-order valence-electron chi connectivity index (χ2n) is 8.10. The summed E-state index contributed by atoms with van der Waals surface area (Å²) in [4.78, 5) is 41.8. The van der Waals surface area contributed by atoms with Crippen LogP contribution in [0.25, 0.3) is 0 Å². The van der Waals surface area contributed by atoms with Crippen LogP contribution in [-0.2, 0) is 9.47 Å². The van der Waals surface area contributed by atoms with E-state index >= 15 is 4.39 Å². The van der Waals surface area contributed by atoms with Crippen LogP contribution in [0.15, 0.2) is 77.7 Å². The number of nitrogens with one attached hydrogen (secondary N) is 1. The van der Waals surface area contributed by atoms with Crippen molar-refractivity contribution < 1.29 is 23.5 Å². The molecule has 1 aliphatic rings. The zero-order valence-electron chi connectivity index (χ0n) is 18.7. The van der Waals surface area contributed by atoms with Crippen molar-refractivity contribution in [1.29, 1.82) is 0 Å². The maximum Gasteiger partial charge on any atom is 0.351 e. The van der Waals surface area contributed by atoms with Gasteiger partial charge in [0.2, 0.25) is 0 Å². The first-order chi connectivity index (χ1) is 16.3. The molecule has 2 heterocycles. The molecule has 1 aliphatic heterocycles. The van der Waals surface area contributed by atoms with E-state index in [0.717, 1.165) is 4.57 Å². The molecule has 0 radical (unpaired) electrons. The molecule has 2 aromatic carbocycles. The molecule has 3 aromatic rings. The van der Waals surface area contributed by atoms with Crippen LogP contribution in [0.3, 0.4) is 0 Å². The predicted molar refractivity (Wildman–Crippen MR) is 122 cm³/mol. The third kappa shape index (κ3) is 4.47. The zero-order valence-corrected chi connectivity index (χ0v) is 18.7. The third-order valence-corrected chi connectivity index (χ3v) is 5.75. The summed E-state index contributed by atoms with van der Waals surface area (Å²) >= 11 is 0. The Morgan fingerprint density at radius 2 is 1.71 bits per heavy atom. The highest BCUT2D eigenvalue weighted by Gasteiger charge is 2.58. The van der Waals surface area contributed by atoms with Gasteiger partial charge in [-0.25, -0.2) is 14.0 Å². The molecule has 4 atom stereocenters. The van der Waals surface area contributed by atoms with E-state index in [9.17, 15) is 14.4 Å². The van der Waals surface area contributed by atoms with Crippen molar-refractivity contribution >= 4 is 17.7 Å². The first-order valence-corrected chi connectivity index (χ1v) is 10.9. The Labute approximate surface area is 195 Å². The number of aromatic nitrogens is 2. The maximum atomic E-state index is 15.4. The van der Waals surface area contributed by atoms with Gasteiger partial charge in [-0.3, -0.25) is 9.36 Å². The minimum Gasteiger partial charge on any atom is -0.448 e. The molecule has 0 bridgehead atoms. The van der Waals surface area contributed by atoms with Crippen molar-refractivity contribution in [3.8, 4) is 0 Å². The molecule has 176 valence electrons. The first-order valence-electron chi connectivity index (χ1n) is 10.9. The lowest BCUT2D eigenvalue weighted by atomic mass is 9.96. The average Bonchev–Trinajstić information content (AvgIpc) is 3.10. The van der Waals surface area contributed by atoms with Crippen LogP contribution in [0.4, 0.5) is 10.2 Å². The second-order valence-corrected chi connectivity index (χ2v) is 8.10. The first kappa shape index (κ1) is 23.3. The molecular weight excluding hydrogens is 441 g/mol. The normalized spacial score (nSPS) is 23.9. The molecule has 1 amide bonds. The summed E-state index contributed by atoms with van der Waals surface area (Å²) in [7, 11) is 0. The van der Waals surface area contributed by atoms with Crippen molar-refractivity contribution in [2.75, 3.05) is 5.32 Å². The predicted octanol–water partition coefficient (Wildman–Crippen LogP) is 3.76. The van der Waals surface area contributed by atoms with Gasteiger partial charge < -0.3 is 14.8 Å². The molecule has 4 rings (SSSR count). The Morgan fingerprint density at radius 1 is 1.09 bits per heavy atom. The van der Waals surface area contributed by atoms with Crippen molar-refractivity contribution in [3.63, 3.8) is 0 Å². The largest absolute Gasteiger partial charge is 0.448 e. The number of hydrogen-bond acceptors (Lipinski definition) is 6. The summed E-state index contributed by atoms with van der Waals surface area (Å²) in [6, 6.07) is 18.1. The van der Waals surface area contributed by atoms with E-state index in [1.807, 2.05) is 0 Å². The Kier molecular flexibility index (Phi) is 6.56. The summed E-state index contributed by atoms with van der Waals surface area (Å²) in [5.74, 6) is -1.14. The van der Waals surface area contributed by atoms with Crippen molar-refractivity contribution in [2.24, 2.45) is 0 Å². The number of ether oxygens (including phenoxy) is 2. The lowest BCUT2D eigenvalue weighted by molar-refractivity contribution is -0.101. The van der Waals surface area contributed by atoms with Gasteiger partial charge in [0.1, 0.15) is 5.82 Å². The molecule has 1 aromatic heterocycles. The van der Waals surface area contributed by atoms with Crippen LogP contribution in [0.5, 0.6) is 0 Å². The number of carbonyl (C=O) groups excluding carboxylic acids is 2. The van der Waals surface area contributed by atoms with Crippen LogP contribution < -0.4 is 11.0 Å². The Bertz CT molecular complexity index is 1230. The van der Waals surface area contributed by atoms with Gasteiger partial charge in [0.05, 0.1) is 11.7 Å². The molecule has 34 heavy (non-hydrogen) atoms. The number of nitrogens with zero attached hydrogens (tertiary/aromatic N) is 2. The van der Waals surface area contributed by atoms with Crippen molar-refractivity contribution in [2.45, 2.75) is 44.4 Å². The highest BCUT2D eigenvalue weighted by Crippen LogP contribution is 2.43. The van der Waals surface area contributed by atoms with Crippen molar-refractivity contribution in [1.82, 2.24) is 9.55 Å². The SMILES string of the molecule is CC[C@H]1O[C@@H](n2ccc(NC(=O)c3ccccc3)nc2=O)[C@](C)(OC(=O)c2ccccc2)[C@@H]1F. The molecule has 1 saturated heterocycles. The molecule has 1 N–H and O–H groups in total. The molecule has 0 saturated carbocycles. The fourth-order valence-electron chi connectivity index (χ4n) is 3.90. The minimum absolute atomic E-state index is 0.0277. The number of esters is 1. The van der Waals surface area contributed by atoms with Gasteiger partial charge in [-0.2, -0.15) is 4.98 Å². The fourth-order valence-corrected chi connectivity index (χ4v) is 3.90. The zero-order chi connectivity index (χ0) is 24.3. The third-order valence-electron chi connectivity index (χ3n) is 5.75. The molecule has 1 fully saturated rings. The highest BCUT2D eigenvalue weighted by molar-refractivity contribution is 6.03. The van der Waals surface area contributed by atoms with Gasteiger partial charge in [-0.15, -0.1) is 0 Å². The van der Waals surface area contributed by atoms with Gasteiger partial charge in [0.15, 0.2) is 18.0 Å². The molecule has 0 unspecified atom stereocenters. The number of carbonyl (C=O) groups is 2. The van der Waals surface area contributed by atoms with Gasteiger partial charge in [0.25, 0.3) is 5.91 Å². The molecule has 8 nitrogen and oxygen atoms in total. The van der Waals surface area contributed by atoms with Gasteiger partial charge in [-0.05, 0) is 43.7 Å². The van der Waals surface area contributed by atoms with Gasteiger partial charge >= 0.3 is 11.7 Å². The maximum absolute atomic E-state index is 15.4. The van der Waals surface area contributed by atoms with Crippen LogP contribution in [0.2, 0.25) is 0 Å². The van der Waals surface area contributed by atoms with Gasteiger partial charge in [0, 0.05) is 11.8 Å². The topological polar surface area (TPSA) is 99.5 Å². The standard InChI is InChI=1S/C25H24FN3O5/c1-3-18-20(26)25(2,34-22(31)17-12-8-5-9-13-17)23(33-18)29-15-14-19(28-24(29)32)27-21(30)16-10-6-4-7-11-16/h4-15,18,20,23H,3H2,1-2H3,(H,27,28,30,32)/t18-,20-,23-,25-/m1/s1. The lowest BCUT2D eigenvalue weighted by Crippen LogP contribution is -2.47. The monoisotopic (exact) mass is 465 g/mol. The summed E-state index contributed by atoms with van der Waals surface area (Å²) in [6.07, 6.45) is -2.18. The highest BCUT2D eigenvalue weighted by atomic mass is 19.1. The number of alkyl halides is 1. The van der Waals surface area contributed by atoms with E-state index < -0.39 is 41.7 Å². The van der Waals surface area contributed by atoms with E-state index in [0.29, 0.717) is 12.0 Å². The summed E-state index contributed by atoms with van der Waals surface area (Å²) < 4.78 is 27.9. The Morgan fingerprint density at radius 3 is 2.29 bits per heavy atom. The lowest BCUT2D eigenvalue weighted by Gasteiger charge is -2.32. The summed E-state index contributed by atoms with van der Waals surface area (Å²) in [5.41, 5.74) is -1.92.